The van der Waals surface area contributed by atoms with Gasteiger partial charge in [-0.15, -0.1) is 5.10 Å². The highest BCUT2D eigenvalue weighted by atomic mass is 32.1. The molecule has 2 heterocycles. The normalized spacial score (nSPS) is 12.8. The number of likely N-dealkylation sites (N-methyl/N-ethyl adjacent to an activating group) is 1. The number of benzene rings is 1. The van der Waals surface area contributed by atoms with Crippen molar-refractivity contribution >= 4 is 33.2 Å². The van der Waals surface area contributed by atoms with Gasteiger partial charge < -0.3 is 15.5 Å². The number of aromatic nitrogens is 3. The first kappa shape index (κ1) is 21.1. The SMILES string of the molecule is CC[C@H](C)NC(=O)CN(C)c1nn2c(NC(C)(C)C)c(-c3ccccc3)nc2s1. The summed E-state index contributed by atoms with van der Waals surface area (Å²) < 4.78 is 1.84. The first-order valence-electron chi connectivity index (χ1n) is 9.91. The van der Waals surface area contributed by atoms with Crippen LogP contribution in [0.5, 0.6) is 0 Å². The van der Waals surface area contributed by atoms with Crippen LogP contribution in [0.15, 0.2) is 30.3 Å². The van der Waals surface area contributed by atoms with Crippen LogP contribution in [-0.2, 0) is 4.79 Å². The molecule has 1 aromatic carbocycles. The average molecular weight is 415 g/mol. The third-order valence-electron chi connectivity index (χ3n) is 4.46. The van der Waals surface area contributed by atoms with Crippen molar-refractivity contribution in [1.82, 2.24) is 19.9 Å². The number of carbonyl (C=O) groups excluding carboxylic acids is 1. The van der Waals surface area contributed by atoms with Crippen LogP contribution in [0.1, 0.15) is 41.0 Å². The van der Waals surface area contributed by atoms with Crippen molar-refractivity contribution in [3.05, 3.63) is 30.3 Å². The first-order chi connectivity index (χ1) is 13.7. The fraction of sp³-hybridized carbons (Fsp3) is 0.476. The smallest absolute Gasteiger partial charge is 0.239 e. The number of hydrogen-bond acceptors (Lipinski definition) is 6. The number of hydrogen-bond donors (Lipinski definition) is 2. The number of fused-ring (bicyclic) bond motifs is 1. The van der Waals surface area contributed by atoms with E-state index in [0.717, 1.165) is 33.6 Å². The van der Waals surface area contributed by atoms with Gasteiger partial charge in [0.15, 0.2) is 5.82 Å². The van der Waals surface area contributed by atoms with Gasteiger partial charge in [-0.25, -0.2) is 4.98 Å². The van der Waals surface area contributed by atoms with E-state index in [9.17, 15) is 4.79 Å². The zero-order valence-corrected chi connectivity index (χ0v) is 18.8. The molecule has 3 rings (SSSR count). The van der Waals surface area contributed by atoms with Crippen molar-refractivity contribution in [3.8, 4) is 11.3 Å². The molecule has 0 bridgehead atoms. The second-order valence-electron chi connectivity index (χ2n) is 8.36. The van der Waals surface area contributed by atoms with Crippen molar-refractivity contribution < 1.29 is 4.79 Å². The van der Waals surface area contributed by atoms with Gasteiger partial charge in [0.2, 0.25) is 16.0 Å². The van der Waals surface area contributed by atoms with E-state index < -0.39 is 0 Å². The van der Waals surface area contributed by atoms with Gasteiger partial charge in [0.25, 0.3) is 0 Å². The average Bonchev–Trinajstić information content (AvgIpc) is 3.20. The van der Waals surface area contributed by atoms with Crippen LogP contribution >= 0.6 is 11.3 Å². The molecule has 7 nitrogen and oxygen atoms in total. The fourth-order valence-corrected chi connectivity index (χ4v) is 3.72. The number of nitrogens with one attached hydrogen (secondary N) is 2. The van der Waals surface area contributed by atoms with Crippen LogP contribution in [0.25, 0.3) is 16.2 Å². The molecule has 3 aromatic rings. The molecule has 1 atom stereocenters. The number of imidazole rings is 1. The Morgan fingerprint density at radius 1 is 1.28 bits per heavy atom. The Morgan fingerprint density at radius 3 is 2.59 bits per heavy atom. The van der Waals surface area contributed by atoms with Crippen LogP contribution in [0.4, 0.5) is 10.9 Å². The van der Waals surface area contributed by atoms with E-state index in [-0.39, 0.29) is 24.0 Å². The van der Waals surface area contributed by atoms with E-state index in [4.69, 9.17) is 10.1 Å². The minimum absolute atomic E-state index is 0.00675. The summed E-state index contributed by atoms with van der Waals surface area (Å²) in [5.74, 6) is 0.853. The van der Waals surface area contributed by atoms with Crippen LogP contribution in [0.2, 0.25) is 0 Å². The van der Waals surface area contributed by atoms with Crippen molar-refractivity contribution in [2.75, 3.05) is 23.8 Å². The monoisotopic (exact) mass is 414 g/mol. The summed E-state index contributed by atoms with van der Waals surface area (Å²) in [5.41, 5.74) is 1.77. The number of nitrogens with zero attached hydrogens (tertiary/aromatic N) is 4. The molecular weight excluding hydrogens is 384 g/mol. The maximum Gasteiger partial charge on any atom is 0.239 e. The molecule has 0 unspecified atom stereocenters. The highest BCUT2D eigenvalue weighted by Crippen LogP contribution is 2.34. The number of rotatable bonds is 7. The van der Waals surface area contributed by atoms with Crippen LogP contribution < -0.4 is 15.5 Å². The molecule has 0 radical (unpaired) electrons. The van der Waals surface area contributed by atoms with Gasteiger partial charge in [-0.05, 0) is 34.1 Å². The van der Waals surface area contributed by atoms with E-state index in [2.05, 4.69) is 38.3 Å². The van der Waals surface area contributed by atoms with Gasteiger partial charge >= 0.3 is 0 Å². The Hall–Kier alpha value is -2.61. The van der Waals surface area contributed by atoms with Gasteiger partial charge in [-0.1, -0.05) is 48.6 Å². The van der Waals surface area contributed by atoms with Crippen LogP contribution in [-0.4, -0.2) is 45.7 Å². The lowest BCUT2D eigenvalue weighted by atomic mass is 10.1. The van der Waals surface area contributed by atoms with Gasteiger partial charge in [-0.2, -0.15) is 4.52 Å². The number of carbonyl (C=O) groups is 1. The summed E-state index contributed by atoms with van der Waals surface area (Å²) in [6.07, 6.45) is 0.907. The quantitative estimate of drug-likeness (QED) is 0.611. The van der Waals surface area contributed by atoms with Crippen LogP contribution in [0, 0.1) is 0 Å². The van der Waals surface area contributed by atoms with Gasteiger partial charge in [0.1, 0.15) is 5.69 Å². The third kappa shape index (κ3) is 5.06. The van der Waals surface area contributed by atoms with Crippen molar-refractivity contribution in [1.29, 1.82) is 0 Å². The van der Waals surface area contributed by atoms with Gasteiger partial charge in [-0.3, -0.25) is 4.79 Å². The Bertz CT molecular complexity index is 972. The summed E-state index contributed by atoms with van der Waals surface area (Å²) in [6, 6.07) is 10.3. The standard InChI is InChI=1S/C21H30N6OS/c1-7-14(2)22-16(28)13-26(6)20-25-27-18(24-21(3,4)5)17(23-19(27)29-20)15-11-9-8-10-12-15/h8-12,14,24H,7,13H2,1-6H3,(H,22,28)/t14-/m0/s1. The van der Waals surface area contributed by atoms with E-state index in [0.29, 0.717) is 0 Å². The zero-order chi connectivity index (χ0) is 21.2. The molecule has 1 amide bonds. The highest BCUT2D eigenvalue weighted by Gasteiger charge is 2.23. The topological polar surface area (TPSA) is 74.6 Å². The molecule has 156 valence electrons. The van der Waals surface area contributed by atoms with Gasteiger partial charge in [0, 0.05) is 24.2 Å². The molecule has 0 fully saturated rings. The predicted octanol–water partition coefficient (Wildman–Crippen LogP) is 4.02. The molecule has 2 aromatic heterocycles. The number of amides is 1. The maximum atomic E-state index is 12.2. The van der Waals surface area contributed by atoms with E-state index in [1.54, 1.807) is 0 Å². The minimum Gasteiger partial charge on any atom is -0.364 e. The molecule has 0 aliphatic carbocycles. The minimum atomic E-state index is -0.147. The molecule has 0 saturated carbocycles. The van der Waals surface area contributed by atoms with Crippen molar-refractivity contribution in [3.63, 3.8) is 0 Å². The Labute approximate surface area is 176 Å². The molecule has 2 N–H and O–H groups in total. The summed E-state index contributed by atoms with van der Waals surface area (Å²) in [4.78, 5) is 19.7. The molecule has 0 aliphatic heterocycles. The van der Waals surface area contributed by atoms with Gasteiger partial charge in [0.05, 0.1) is 6.54 Å². The summed E-state index contributed by atoms with van der Waals surface area (Å²) in [6.45, 7) is 10.7. The summed E-state index contributed by atoms with van der Waals surface area (Å²) >= 11 is 1.47. The molecule has 8 heteroatoms. The van der Waals surface area contributed by atoms with E-state index in [1.807, 2.05) is 53.7 Å². The molecule has 0 aliphatic rings. The van der Waals surface area contributed by atoms with Crippen LogP contribution in [0.3, 0.4) is 0 Å². The van der Waals surface area contributed by atoms with Crippen molar-refractivity contribution in [2.24, 2.45) is 0 Å². The molecular formula is C21H30N6OS. The largest absolute Gasteiger partial charge is 0.364 e. The Balaban J connectivity index is 1.92. The maximum absolute atomic E-state index is 12.2. The number of anilines is 2. The molecule has 0 spiro atoms. The fourth-order valence-electron chi connectivity index (χ4n) is 2.86. The Morgan fingerprint density at radius 2 is 1.97 bits per heavy atom. The molecule has 0 saturated heterocycles. The van der Waals surface area contributed by atoms with E-state index >= 15 is 0 Å². The predicted molar refractivity (Wildman–Crippen MR) is 121 cm³/mol. The molecule has 29 heavy (non-hydrogen) atoms. The lowest BCUT2D eigenvalue weighted by Gasteiger charge is -2.22. The lowest BCUT2D eigenvalue weighted by Crippen LogP contribution is -2.39. The lowest BCUT2D eigenvalue weighted by molar-refractivity contribution is -0.120. The third-order valence-corrected chi connectivity index (χ3v) is 5.48. The van der Waals surface area contributed by atoms with Crippen molar-refractivity contribution in [2.45, 2.75) is 52.6 Å². The highest BCUT2D eigenvalue weighted by molar-refractivity contribution is 7.20. The first-order valence-corrected chi connectivity index (χ1v) is 10.7. The summed E-state index contributed by atoms with van der Waals surface area (Å²) in [7, 11) is 1.88. The van der Waals surface area contributed by atoms with E-state index in [1.165, 1.54) is 11.3 Å². The zero-order valence-electron chi connectivity index (χ0n) is 18.0. The second kappa shape index (κ2) is 8.41. The Kier molecular flexibility index (Phi) is 6.12. The summed E-state index contributed by atoms with van der Waals surface area (Å²) in [5, 5.41) is 12.0. The second-order valence-corrected chi connectivity index (χ2v) is 9.30.